The van der Waals surface area contributed by atoms with Gasteiger partial charge < -0.3 is 14.4 Å². The zero-order valence-electron chi connectivity index (χ0n) is 15.2. The summed E-state index contributed by atoms with van der Waals surface area (Å²) in [7, 11) is 0. The van der Waals surface area contributed by atoms with Gasteiger partial charge in [-0.3, -0.25) is 9.59 Å². The Morgan fingerprint density at radius 2 is 1.82 bits per heavy atom. The molecule has 0 spiro atoms. The lowest BCUT2D eigenvalue weighted by atomic mass is 9.89. The van der Waals surface area contributed by atoms with Crippen molar-refractivity contribution in [3.05, 3.63) is 88.3 Å². The Morgan fingerprint density at radius 3 is 2.50 bits per heavy atom. The number of carbonyl (C=O) groups excluding carboxylic acids is 2. The molecule has 0 saturated heterocycles. The van der Waals surface area contributed by atoms with Crippen molar-refractivity contribution in [3.63, 3.8) is 0 Å². The SMILES string of the molecule is Cc1ccc(C(=O)C[C@@]2(O)C(=O)N(Cc3ccc(Cl)cc3)c3ccccc32)o1. The molecule has 1 N–H and O–H groups in total. The molecule has 0 radical (unpaired) electrons. The molecule has 0 bridgehead atoms. The summed E-state index contributed by atoms with van der Waals surface area (Å²) < 4.78 is 5.36. The van der Waals surface area contributed by atoms with E-state index in [1.807, 2.05) is 12.1 Å². The number of hydrogen-bond acceptors (Lipinski definition) is 4. The Kier molecular flexibility index (Phi) is 4.57. The summed E-state index contributed by atoms with van der Waals surface area (Å²) in [5, 5.41) is 11.9. The van der Waals surface area contributed by atoms with Crippen LogP contribution in [0.2, 0.25) is 5.02 Å². The highest BCUT2D eigenvalue weighted by Crippen LogP contribution is 2.43. The lowest BCUT2D eigenvalue weighted by Gasteiger charge is -2.22. The van der Waals surface area contributed by atoms with E-state index in [0.717, 1.165) is 5.56 Å². The van der Waals surface area contributed by atoms with E-state index < -0.39 is 17.3 Å². The topological polar surface area (TPSA) is 70.8 Å². The van der Waals surface area contributed by atoms with Gasteiger partial charge >= 0.3 is 0 Å². The first-order valence-corrected chi connectivity index (χ1v) is 9.24. The van der Waals surface area contributed by atoms with Crippen LogP contribution < -0.4 is 4.90 Å². The Labute approximate surface area is 167 Å². The number of aryl methyl sites for hydroxylation is 1. The molecule has 1 aliphatic heterocycles. The number of fused-ring (bicyclic) bond motifs is 1. The monoisotopic (exact) mass is 395 g/mol. The maximum Gasteiger partial charge on any atom is 0.264 e. The summed E-state index contributed by atoms with van der Waals surface area (Å²) in [6.07, 6.45) is -0.382. The number of carbonyl (C=O) groups is 2. The molecule has 6 heteroatoms. The second-order valence-electron chi connectivity index (χ2n) is 6.91. The highest BCUT2D eigenvalue weighted by molar-refractivity contribution is 6.30. The van der Waals surface area contributed by atoms with E-state index in [9.17, 15) is 14.7 Å². The van der Waals surface area contributed by atoms with E-state index >= 15 is 0 Å². The number of rotatable bonds is 5. The number of benzene rings is 2. The van der Waals surface area contributed by atoms with Crippen molar-refractivity contribution in [2.45, 2.75) is 25.5 Å². The molecule has 2 heterocycles. The molecule has 3 aromatic rings. The van der Waals surface area contributed by atoms with Gasteiger partial charge in [0.25, 0.3) is 5.91 Å². The van der Waals surface area contributed by atoms with Gasteiger partial charge in [0, 0.05) is 10.6 Å². The van der Waals surface area contributed by atoms with Crippen LogP contribution in [0.3, 0.4) is 0 Å². The summed E-state index contributed by atoms with van der Waals surface area (Å²) in [5.41, 5.74) is -0.0513. The molecule has 0 unspecified atom stereocenters. The summed E-state index contributed by atoms with van der Waals surface area (Å²) in [4.78, 5) is 27.3. The first-order valence-electron chi connectivity index (χ1n) is 8.86. The predicted octanol–water partition coefficient (Wildman–Crippen LogP) is 4.25. The van der Waals surface area contributed by atoms with Gasteiger partial charge in [0.15, 0.2) is 11.4 Å². The predicted molar refractivity (Wildman–Crippen MR) is 105 cm³/mol. The molecule has 28 heavy (non-hydrogen) atoms. The lowest BCUT2D eigenvalue weighted by molar-refractivity contribution is -0.136. The second-order valence-corrected chi connectivity index (χ2v) is 7.34. The fourth-order valence-electron chi connectivity index (χ4n) is 3.51. The fourth-order valence-corrected chi connectivity index (χ4v) is 3.64. The van der Waals surface area contributed by atoms with E-state index in [0.29, 0.717) is 22.0 Å². The molecule has 4 rings (SSSR count). The van der Waals surface area contributed by atoms with Crippen molar-refractivity contribution >= 4 is 29.0 Å². The molecule has 0 aliphatic carbocycles. The van der Waals surface area contributed by atoms with Crippen molar-refractivity contribution in [1.29, 1.82) is 0 Å². The van der Waals surface area contributed by atoms with Gasteiger partial charge in [-0.05, 0) is 42.8 Å². The summed E-state index contributed by atoms with van der Waals surface area (Å²) in [6.45, 7) is 2.00. The molecular formula is C22H18ClNO4. The fraction of sp³-hybridized carbons (Fsp3) is 0.182. The minimum absolute atomic E-state index is 0.132. The molecule has 2 aromatic carbocycles. The summed E-state index contributed by atoms with van der Waals surface area (Å²) >= 11 is 5.93. The highest BCUT2D eigenvalue weighted by Gasteiger charge is 2.51. The number of ketones is 1. The number of halogens is 1. The van der Waals surface area contributed by atoms with Gasteiger partial charge in [-0.1, -0.05) is 41.9 Å². The third kappa shape index (κ3) is 3.13. The maximum absolute atomic E-state index is 13.2. The van der Waals surface area contributed by atoms with Crippen LogP contribution >= 0.6 is 11.6 Å². The smallest absolute Gasteiger partial charge is 0.264 e. The number of amides is 1. The average molecular weight is 396 g/mol. The van der Waals surface area contributed by atoms with Crippen LogP contribution in [-0.4, -0.2) is 16.8 Å². The van der Waals surface area contributed by atoms with E-state index in [4.69, 9.17) is 16.0 Å². The number of aliphatic hydroxyl groups is 1. The van der Waals surface area contributed by atoms with Crippen LogP contribution in [0.15, 0.2) is 65.1 Å². The van der Waals surface area contributed by atoms with Crippen LogP contribution in [0.25, 0.3) is 0 Å². The van der Waals surface area contributed by atoms with Gasteiger partial charge in [0.05, 0.1) is 18.7 Å². The zero-order valence-corrected chi connectivity index (χ0v) is 15.9. The largest absolute Gasteiger partial charge is 0.458 e. The Morgan fingerprint density at radius 1 is 1.11 bits per heavy atom. The van der Waals surface area contributed by atoms with E-state index in [2.05, 4.69) is 0 Å². The first kappa shape index (κ1) is 18.5. The number of furan rings is 1. The van der Waals surface area contributed by atoms with Crippen LogP contribution in [-0.2, 0) is 16.9 Å². The van der Waals surface area contributed by atoms with E-state index in [1.54, 1.807) is 55.5 Å². The Hall–Kier alpha value is -2.89. The number of Topliss-reactive ketones (excluding diaryl/α,β-unsaturated/α-hetero) is 1. The van der Waals surface area contributed by atoms with Crippen LogP contribution in [0, 0.1) is 6.92 Å². The van der Waals surface area contributed by atoms with Crippen molar-refractivity contribution in [3.8, 4) is 0 Å². The quantitative estimate of drug-likeness (QED) is 0.655. The van der Waals surface area contributed by atoms with Crippen molar-refractivity contribution < 1.29 is 19.1 Å². The molecule has 5 nitrogen and oxygen atoms in total. The molecular weight excluding hydrogens is 378 g/mol. The molecule has 1 aliphatic rings. The van der Waals surface area contributed by atoms with E-state index in [1.165, 1.54) is 4.90 Å². The maximum atomic E-state index is 13.2. The minimum Gasteiger partial charge on any atom is -0.458 e. The first-order chi connectivity index (χ1) is 13.4. The molecule has 142 valence electrons. The second kappa shape index (κ2) is 6.93. The van der Waals surface area contributed by atoms with Crippen molar-refractivity contribution in [2.75, 3.05) is 4.90 Å². The van der Waals surface area contributed by atoms with Gasteiger partial charge in [-0.2, -0.15) is 0 Å². The van der Waals surface area contributed by atoms with E-state index in [-0.39, 0.29) is 18.7 Å². The summed E-state index contributed by atoms with van der Waals surface area (Å²) in [5.74, 6) is -0.224. The van der Waals surface area contributed by atoms with Crippen LogP contribution in [0.5, 0.6) is 0 Å². The third-order valence-corrected chi connectivity index (χ3v) is 5.18. The summed E-state index contributed by atoms with van der Waals surface area (Å²) in [6, 6.07) is 17.4. The van der Waals surface area contributed by atoms with Crippen molar-refractivity contribution in [1.82, 2.24) is 0 Å². The number of nitrogens with zero attached hydrogens (tertiary/aromatic N) is 1. The minimum atomic E-state index is -1.93. The van der Waals surface area contributed by atoms with Gasteiger partial charge in [-0.25, -0.2) is 0 Å². The van der Waals surface area contributed by atoms with Crippen molar-refractivity contribution in [2.24, 2.45) is 0 Å². The normalized spacial score (nSPS) is 18.4. The van der Waals surface area contributed by atoms with Crippen LogP contribution in [0.1, 0.15) is 33.9 Å². The Bertz CT molecular complexity index is 1060. The average Bonchev–Trinajstić information content (AvgIpc) is 3.20. The highest BCUT2D eigenvalue weighted by atomic mass is 35.5. The molecule has 0 fully saturated rings. The zero-order chi connectivity index (χ0) is 19.9. The van der Waals surface area contributed by atoms with Gasteiger partial charge in [0.2, 0.25) is 5.78 Å². The number of para-hydroxylation sites is 1. The molecule has 1 amide bonds. The number of anilines is 1. The lowest BCUT2D eigenvalue weighted by Crippen LogP contribution is -2.41. The van der Waals surface area contributed by atoms with Gasteiger partial charge in [0.1, 0.15) is 5.76 Å². The molecule has 1 aromatic heterocycles. The van der Waals surface area contributed by atoms with Crippen LogP contribution in [0.4, 0.5) is 5.69 Å². The van der Waals surface area contributed by atoms with Gasteiger partial charge in [-0.15, -0.1) is 0 Å². The molecule has 1 atom stereocenters. The Balaban J connectivity index is 1.67. The number of hydrogen-bond donors (Lipinski definition) is 1. The molecule has 0 saturated carbocycles. The standard InChI is InChI=1S/C22H18ClNO4/c1-14-6-11-20(28-14)19(25)12-22(27)17-4-2-3-5-18(17)24(21(22)26)13-15-7-9-16(23)10-8-15/h2-11,27H,12-13H2,1H3/t22-/m0/s1. The third-order valence-electron chi connectivity index (χ3n) is 4.92.